The number of carbonyl (C=O) groups excluding carboxylic acids is 1. The Morgan fingerprint density at radius 2 is 2.00 bits per heavy atom. The van der Waals surface area contributed by atoms with Gasteiger partial charge in [-0.25, -0.2) is 4.79 Å². The van der Waals surface area contributed by atoms with E-state index in [4.69, 9.17) is 11.6 Å². The number of rotatable bonds is 3. The molecule has 0 saturated heterocycles. The lowest BCUT2D eigenvalue weighted by atomic mass is 10.2. The molecule has 0 unspecified atom stereocenters. The predicted molar refractivity (Wildman–Crippen MR) is 81.3 cm³/mol. The second-order valence-electron chi connectivity index (χ2n) is 4.54. The molecule has 22 heavy (non-hydrogen) atoms. The van der Waals surface area contributed by atoms with E-state index in [1.807, 2.05) is 0 Å². The molecule has 2 amide bonds. The van der Waals surface area contributed by atoms with Crippen LogP contribution in [0, 0.1) is 0 Å². The maximum Gasteiger partial charge on any atom is 0.416 e. The van der Waals surface area contributed by atoms with Crippen LogP contribution in [0.3, 0.4) is 0 Å². The molecule has 1 aromatic carbocycles. The van der Waals surface area contributed by atoms with Crippen LogP contribution in [-0.2, 0) is 6.18 Å². The van der Waals surface area contributed by atoms with Crippen molar-refractivity contribution in [3.63, 3.8) is 0 Å². The fourth-order valence-electron chi connectivity index (χ4n) is 1.77. The zero-order chi connectivity index (χ0) is 16.3. The molecular weight excluding hydrogens is 337 g/mol. The van der Waals surface area contributed by atoms with Gasteiger partial charge in [0.15, 0.2) is 0 Å². The molecular formula is C14H12ClF3N2OS. The summed E-state index contributed by atoms with van der Waals surface area (Å²) < 4.78 is 38.4. The Hall–Kier alpha value is -1.73. The molecule has 0 saturated carbocycles. The van der Waals surface area contributed by atoms with Crippen molar-refractivity contribution in [1.82, 2.24) is 5.32 Å². The number of nitrogens with one attached hydrogen (secondary N) is 2. The Balaban J connectivity index is 2.00. The SMILES string of the molecule is C[C@@H](NC(=O)Nc1cccc(C(F)(F)F)c1)c1ccc(Cl)s1. The summed E-state index contributed by atoms with van der Waals surface area (Å²) in [7, 11) is 0. The number of alkyl halides is 3. The van der Waals surface area contributed by atoms with Crippen molar-refractivity contribution in [3.8, 4) is 0 Å². The molecule has 2 rings (SSSR count). The van der Waals surface area contributed by atoms with Gasteiger partial charge in [-0.05, 0) is 37.3 Å². The number of amides is 2. The van der Waals surface area contributed by atoms with Crippen LogP contribution in [0.25, 0.3) is 0 Å². The van der Waals surface area contributed by atoms with Crippen molar-refractivity contribution < 1.29 is 18.0 Å². The highest BCUT2D eigenvalue weighted by Gasteiger charge is 2.30. The van der Waals surface area contributed by atoms with Gasteiger partial charge in [-0.15, -0.1) is 11.3 Å². The molecule has 2 aromatic rings. The van der Waals surface area contributed by atoms with E-state index in [0.29, 0.717) is 4.34 Å². The number of benzene rings is 1. The molecule has 0 aliphatic heterocycles. The van der Waals surface area contributed by atoms with Gasteiger partial charge < -0.3 is 10.6 Å². The lowest BCUT2D eigenvalue weighted by Crippen LogP contribution is -2.30. The summed E-state index contributed by atoms with van der Waals surface area (Å²) in [6.07, 6.45) is -4.45. The lowest BCUT2D eigenvalue weighted by molar-refractivity contribution is -0.137. The van der Waals surface area contributed by atoms with Gasteiger partial charge >= 0.3 is 12.2 Å². The molecule has 1 aromatic heterocycles. The summed E-state index contributed by atoms with van der Waals surface area (Å²) >= 11 is 7.14. The second-order valence-corrected chi connectivity index (χ2v) is 6.29. The highest BCUT2D eigenvalue weighted by atomic mass is 35.5. The van der Waals surface area contributed by atoms with Gasteiger partial charge in [-0.2, -0.15) is 13.2 Å². The summed E-state index contributed by atoms with van der Waals surface area (Å²) in [5.41, 5.74) is -0.743. The van der Waals surface area contributed by atoms with Gasteiger partial charge in [0.05, 0.1) is 15.9 Å². The van der Waals surface area contributed by atoms with Gasteiger partial charge in [-0.1, -0.05) is 17.7 Å². The Morgan fingerprint density at radius 1 is 1.27 bits per heavy atom. The van der Waals surface area contributed by atoms with Gasteiger partial charge in [0, 0.05) is 10.6 Å². The molecule has 118 valence electrons. The number of urea groups is 1. The Labute approximate surface area is 134 Å². The van der Waals surface area contributed by atoms with Gasteiger partial charge in [0.1, 0.15) is 0 Å². The number of anilines is 1. The average Bonchev–Trinajstić information content (AvgIpc) is 2.84. The van der Waals surface area contributed by atoms with Crippen LogP contribution in [0.2, 0.25) is 4.34 Å². The Kier molecular flexibility index (Phi) is 4.97. The first-order valence-electron chi connectivity index (χ1n) is 6.26. The van der Waals surface area contributed by atoms with Crippen LogP contribution in [0.4, 0.5) is 23.7 Å². The zero-order valence-corrected chi connectivity index (χ0v) is 12.9. The topological polar surface area (TPSA) is 41.1 Å². The largest absolute Gasteiger partial charge is 0.416 e. The molecule has 0 spiro atoms. The fraction of sp³-hybridized carbons (Fsp3) is 0.214. The summed E-state index contributed by atoms with van der Waals surface area (Å²) in [6.45, 7) is 1.76. The second kappa shape index (κ2) is 6.58. The smallest absolute Gasteiger partial charge is 0.331 e. The maximum atomic E-state index is 12.6. The van der Waals surface area contributed by atoms with Crippen molar-refractivity contribution in [2.24, 2.45) is 0 Å². The molecule has 0 aliphatic carbocycles. The number of hydrogen-bond acceptors (Lipinski definition) is 2. The van der Waals surface area contributed by atoms with E-state index < -0.39 is 17.8 Å². The minimum Gasteiger partial charge on any atom is -0.331 e. The summed E-state index contributed by atoms with van der Waals surface area (Å²) in [4.78, 5) is 12.7. The van der Waals surface area contributed by atoms with E-state index in [1.54, 1.807) is 19.1 Å². The van der Waals surface area contributed by atoms with E-state index in [1.165, 1.54) is 23.5 Å². The quantitative estimate of drug-likeness (QED) is 0.776. The van der Waals surface area contributed by atoms with Crippen LogP contribution in [0.5, 0.6) is 0 Å². The van der Waals surface area contributed by atoms with Crippen molar-refractivity contribution in [1.29, 1.82) is 0 Å². The van der Waals surface area contributed by atoms with E-state index in [9.17, 15) is 18.0 Å². The molecule has 0 bridgehead atoms. The third-order valence-electron chi connectivity index (χ3n) is 2.82. The molecule has 2 N–H and O–H groups in total. The molecule has 0 radical (unpaired) electrons. The monoisotopic (exact) mass is 348 g/mol. The molecule has 0 aliphatic rings. The fourth-order valence-corrected chi connectivity index (χ4v) is 2.83. The maximum absolute atomic E-state index is 12.6. The molecule has 1 heterocycles. The van der Waals surface area contributed by atoms with Gasteiger partial charge in [-0.3, -0.25) is 0 Å². The Bertz CT molecular complexity index is 672. The third kappa shape index (κ3) is 4.38. The van der Waals surface area contributed by atoms with E-state index in [2.05, 4.69) is 10.6 Å². The normalized spacial score (nSPS) is 12.8. The van der Waals surface area contributed by atoms with Crippen LogP contribution >= 0.6 is 22.9 Å². The van der Waals surface area contributed by atoms with Gasteiger partial charge in [0.25, 0.3) is 0 Å². The third-order valence-corrected chi connectivity index (χ3v) is 4.23. The van der Waals surface area contributed by atoms with Gasteiger partial charge in [0.2, 0.25) is 0 Å². The highest BCUT2D eigenvalue weighted by Crippen LogP contribution is 2.31. The van der Waals surface area contributed by atoms with E-state index in [0.717, 1.165) is 17.0 Å². The molecule has 8 heteroatoms. The number of thiophene rings is 1. The number of hydrogen-bond donors (Lipinski definition) is 2. The highest BCUT2D eigenvalue weighted by molar-refractivity contribution is 7.16. The standard InChI is InChI=1S/C14H12ClF3N2OS/c1-8(11-5-6-12(15)22-11)19-13(21)20-10-4-2-3-9(7-10)14(16,17)18/h2-8H,1H3,(H2,19,20,21)/t8-/m1/s1. The van der Waals surface area contributed by atoms with Crippen molar-refractivity contribution in [3.05, 3.63) is 51.2 Å². The minimum absolute atomic E-state index is 0.0729. The first kappa shape index (κ1) is 16.6. The summed E-state index contributed by atoms with van der Waals surface area (Å²) in [6, 6.07) is 7.06. The van der Waals surface area contributed by atoms with Crippen molar-refractivity contribution in [2.45, 2.75) is 19.1 Å². The molecule has 3 nitrogen and oxygen atoms in total. The number of carbonyl (C=O) groups is 1. The lowest BCUT2D eigenvalue weighted by Gasteiger charge is -2.14. The first-order valence-corrected chi connectivity index (χ1v) is 7.45. The van der Waals surface area contributed by atoms with Crippen LogP contribution in [0.15, 0.2) is 36.4 Å². The van der Waals surface area contributed by atoms with Crippen LogP contribution in [0.1, 0.15) is 23.4 Å². The van der Waals surface area contributed by atoms with Crippen molar-refractivity contribution in [2.75, 3.05) is 5.32 Å². The summed E-state index contributed by atoms with van der Waals surface area (Å²) in [5.74, 6) is 0. The van der Waals surface area contributed by atoms with E-state index >= 15 is 0 Å². The van der Waals surface area contributed by atoms with E-state index in [-0.39, 0.29) is 11.7 Å². The molecule has 0 fully saturated rings. The van der Waals surface area contributed by atoms with Crippen molar-refractivity contribution >= 4 is 34.7 Å². The average molecular weight is 349 g/mol. The number of halogens is 4. The predicted octanol–water partition coefficient (Wildman–Crippen LogP) is 5.30. The minimum atomic E-state index is -4.45. The first-order chi connectivity index (χ1) is 10.3. The zero-order valence-electron chi connectivity index (χ0n) is 11.4. The van der Waals surface area contributed by atoms with Crippen LogP contribution < -0.4 is 10.6 Å². The Morgan fingerprint density at radius 3 is 2.59 bits per heavy atom. The summed E-state index contributed by atoms with van der Waals surface area (Å²) in [5, 5.41) is 5.02. The van der Waals surface area contributed by atoms with Crippen LogP contribution in [-0.4, -0.2) is 6.03 Å². The molecule has 1 atom stereocenters.